The Morgan fingerprint density at radius 3 is 2.61 bits per heavy atom. The van der Waals surface area contributed by atoms with Gasteiger partial charge in [0.2, 0.25) is 5.91 Å². The lowest BCUT2D eigenvalue weighted by molar-refractivity contribution is -0.123. The molecule has 33 heavy (non-hydrogen) atoms. The van der Waals surface area contributed by atoms with E-state index in [1.807, 2.05) is 6.92 Å². The van der Waals surface area contributed by atoms with E-state index in [1.165, 1.54) is 15.2 Å². The second-order valence-corrected chi connectivity index (χ2v) is 8.88. The molecule has 2 N–H and O–H groups in total. The lowest BCUT2D eigenvalue weighted by Gasteiger charge is -2.17. The van der Waals surface area contributed by atoms with Gasteiger partial charge in [0, 0.05) is 24.7 Å². The maximum atomic E-state index is 12.6. The summed E-state index contributed by atoms with van der Waals surface area (Å²) in [4.78, 5) is 56.1. The third kappa shape index (κ3) is 5.21. The number of benzene rings is 1. The van der Waals surface area contributed by atoms with Crippen LogP contribution in [0.3, 0.4) is 0 Å². The third-order valence-electron chi connectivity index (χ3n) is 5.21. The molecule has 3 rings (SSSR count). The summed E-state index contributed by atoms with van der Waals surface area (Å²) in [6.07, 6.45) is 1.63. The van der Waals surface area contributed by atoms with Crippen LogP contribution >= 0.6 is 0 Å². The molecule has 0 fully saturated rings. The van der Waals surface area contributed by atoms with Crippen molar-refractivity contribution in [1.29, 1.82) is 0 Å². The molecule has 0 saturated heterocycles. The lowest BCUT2D eigenvalue weighted by Crippen LogP contribution is -2.31. The first-order valence-corrected chi connectivity index (χ1v) is 10.8. The number of nitrogens with one attached hydrogen (secondary N) is 2. The first-order chi connectivity index (χ1) is 15.5. The molecule has 1 aromatic carbocycles. The highest BCUT2D eigenvalue weighted by Crippen LogP contribution is 2.19. The quantitative estimate of drug-likeness (QED) is 0.527. The van der Waals surface area contributed by atoms with Crippen molar-refractivity contribution in [3.8, 4) is 0 Å². The van der Waals surface area contributed by atoms with E-state index < -0.39 is 22.6 Å². The number of carbonyl (C=O) groups is 2. The first-order valence-electron chi connectivity index (χ1n) is 10.8. The van der Waals surface area contributed by atoms with E-state index in [0.717, 1.165) is 12.8 Å². The van der Waals surface area contributed by atoms with Gasteiger partial charge in [0.15, 0.2) is 11.2 Å². The second kappa shape index (κ2) is 9.43. The predicted molar refractivity (Wildman–Crippen MR) is 124 cm³/mol. The fraction of sp³-hybridized carbons (Fsp3) is 0.435. The second-order valence-electron chi connectivity index (χ2n) is 8.88. The van der Waals surface area contributed by atoms with Gasteiger partial charge >= 0.3 is 11.7 Å². The van der Waals surface area contributed by atoms with Gasteiger partial charge in [-0.15, -0.1) is 0 Å². The maximum absolute atomic E-state index is 12.6. The number of H-pyrrole nitrogens is 1. The molecule has 0 saturated carbocycles. The smallest absolute Gasteiger partial charge is 0.338 e. The number of nitrogens with zero attached hydrogens (tertiary/aromatic N) is 3. The van der Waals surface area contributed by atoms with Gasteiger partial charge in [-0.3, -0.25) is 19.1 Å². The molecule has 3 aromatic rings. The highest BCUT2D eigenvalue weighted by atomic mass is 16.5. The van der Waals surface area contributed by atoms with Crippen LogP contribution in [0.15, 0.2) is 33.9 Å². The molecule has 2 aromatic heterocycles. The number of rotatable bonds is 7. The number of ether oxygens (including phenoxy) is 1. The molecule has 10 nitrogen and oxygen atoms in total. The molecule has 0 spiro atoms. The van der Waals surface area contributed by atoms with E-state index in [-0.39, 0.29) is 29.2 Å². The van der Waals surface area contributed by atoms with Gasteiger partial charge in [-0.2, -0.15) is 0 Å². The molecule has 176 valence electrons. The summed E-state index contributed by atoms with van der Waals surface area (Å²) < 4.78 is 8.35. The largest absolute Gasteiger partial charge is 0.454 e. The van der Waals surface area contributed by atoms with E-state index in [2.05, 4.69) is 15.3 Å². The fourth-order valence-electron chi connectivity index (χ4n) is 3.20. The number of hydrogen-bond acceptors (Lipinski definition) is 6. The summed E-state index contributed by atoms with van der Waals surface area (Å²) >= 11 is 0. The maximum Gasteiger partial charge on any atom is 0.338 e. The van der Waals surface area contributed by atoms with E-state index in [0.29, 0.717) is 18.1 Å². The standard InChI is InChI=1S/C23H29N5O5/c1-6-7-11-28-18-17(19(29)26-22(28)32)27(5)16(25-18)13-33-20(30)14-9-8-10-15(12-14)24-21(31)23(2,3)4/h8-10,12H,6-7,11,13H2,1-5H3,(H,24,31)(H,26,29,32). The van der Waals surface area contributed by atoms with Gasteiger partial charge in [-0.25, -0.2) is 14.6 Å². The van der Waals surface area contributed by atoms with E-state index in [4.69, 9.17) is 4.74 Å². The Morgan fingerprint density at radius 1 is 1.21 bits per heavy atom. The van der Waals surface area contributed by atoms with Gasteiger partial charge in [0.1, 0.15) is 12.4 Å². The summed E-state index contributed by atoms with van der Waals surface area (Å²) in [6.45, 7) is 7.62. The first kappa shape index (κ1) is 24.0. The fourth-order valence-corrected chi connectivity index (χ4v) is 3.20. The Kier molecular flexibility index (Phi) is 6.85. The van der Waals surface area contributed by atoms with Gasteiger partial charge in [0.05, 0.1) is 5.56 Å². The number of aryl methyl sites for hydroxylation is 2. The van der Waals surface area contributed by atoms with E-state index in [9.17, 15) is 19.2 Å². The zero-order valence-corrected chi connectivity index (χ0v) is 19.5. The van der Waals surface area contributed by atoms with E-state index in [1.54, 1.807) is 46.0 Å². The molecule has 0 aliphatic heterocycles. The van der Waals surface area contributed by atoms with Crippen molar-refractivity contribution in [3.05, 3.63) is 56.5 Å². The van der Waals surface area contributed by atoms with Crippen LogP contribution in [0.25, 0.3) is 11.2 Å². The molecule has 0 bridgehead atoms. The molecule has 0 aliphatic carbocycles. The molecular weight excluding hydrogens is 426 g/mol. The number of amides is 1. The average Bonchev–Trinajstić information content (AvgIpc) is 3.08. The predicted octanol–water partition coefficient (Wildman–Crippen LogP) is 2.57. The molecule has 0 unspecified atom stereocenters. The van der Waals surface area contributed by atoms with Crippen LogP contribution in [0.4, 0.5) is 5.69 Å². The normalized spacial score (nSPS) is 11.5. The average molecular weight is 456 g/mol. The van der Waals surface area contributed by atoms with Crippen LogP contribution in [0.2, 0.25) is 0 Å². The minimum Gasteiger partial charge on any atom is -0.454 e. The SMILES string of the molecule is CCCCn1c(=O)[nH]c(=O)c2c1nc(COC(=O)c1cccc(NC(=O)C(C)(C)C)c1)n2C. The van der Waals surface area contributed by atoms with Crippen LogP contribution in [-0.2, 0) is 29.7 Å². The monoisotopic (exact) mass is 455 g/mol. The van der Waals surface area contributed by atoms with Crippen LogP contribution in [-0.4, -0.2) is 31.0 Å². The molecular formula is C23H29N5O5. The third-order valence-corrected chi connectivity index (χ3v) is 5.21. The summed E-state index contributed by atoms with van der Waals surface area (Å²) in [6, 6.07) is 6.45. The Morgan fingerprint density at radius 2 is 1.94 bits per heavy atom. The Bertz CT molecular complexity index is 1310. The number of unbranched alkanes of at least 4 members (excludes halogenated alkanes) is 1. The van der Waals surface area contributed by atoms with Crippen LogP contribution in [0.5, 0.6) is 0 Å². The number of esters is 1. The topological polar surface area (TPSA) is 128 Å². The number of aromatic nitrogens is 4. The summed E-state index contributed by atoms with van der Waals surface area (Å²) in [5.41, 5.74) is -0.389. The molecule has 0 atom stereocenters. The van der Waals surface area contributed by atoms with Crippen LogP contribution < -0.4 is 16.6 Å². The van der Waals surface area contributed by atoms with Gasteiger partial charge in [-0.05, 0) is 24.6 Å². The number of hydrogen-bond donors (Lipinski definition) is 2. The van der Waals surface area contributed by atoms with Crippen molar-refractivity contribution in [2.75, 3.05) is 5.32 Å². The van der Waals surface area contributed by atoms with Crippen molar-refractivity contribution < 1.29 is 14.3 Å². The van der Waals surface area contributed by atoms with Crippen molar-refractivity contribution in [2.45, 2.75) is 53.7 Å². The number of fused-ring (bicyclic) bond motifs is 1. The molecule has 2 heterocycles. The van der Waals surface area contributed by atoms with Gasteiger partial charge < -0.3 is 14.6 Å². The van der Waals surface area contributed by atoms with E-state index >= 15 is 0 Å². The zero-order valence-electron chi connectivity index (χ0n) is 19.5. The number of carbonyl (C=O) groups excluding carboxylic acids is 2. The van der Waals surface area contributed by atoms with Gasteiger partial charge in [0.25, 0.3) is 5.56 Å². The highest BCUT2D eigenvalue weighted by Gasteiger charge is 2.22. The zero-order chi connectivity index (χ0) is 24.3. The Balaban J connectivity index is 1.81. The van der Waals surface area contributed by atoms with Gasteiger partial charge in [-0.1, -0.05) is 40.2 Å². The summed E-state index contributed by atoms with van der Waals surface area (Å²) in [5, 5.41) is 2.78. The minimum absolute atomic E-state index is 0.174. The summed E-state index contributed by atoms with van der Waals surface area (Å²) in [7, 11) is 1.63. The molecule has 10 heteroatoms. The molecule has 0 radical (unpaired) electrons. The molecule has 0 aliphatic rings. The minimum atomic E-state index is -0.605. The highest BCUT2D eigenvalue weighted by molar-refractivity contribution is 5.96. The van der Waals surface area contributed by atoms with Crippen molar-refractivity contribution >= 4 is 28.7 Å². The van der Waals surface area contributed by atoms with Crippen molar-refractivity contribution in [3.63, 3.8) is 0 Å². The number of aromatic amines is 1. The van der Waals surface area contributed by atoms with Crippen molar-refractivity contribution in [1.82, 2.24) is 19.1 Å². The summed E-state index contributed by atoms with van der Waals surface area (Å²) in [5.74, 6) is -0.449. The van der Waals surface area contributed by atoms with Crippen molar-refractivity contribution in [2.24, 2.45) is 12.5 Å². The number of anilines is 1. The Labute approximate surface area is 190 Å². The van der Waals surface area contributed by atoms with Crippen LogP contribution in [0.1, 0.15) is 56.7 Å². The van der Waals surface area contributed by atoms with Crippen LogP contribution in [0, 0.1) is 5.41 Å². The lowest BCUT2D eigenvalue weighted by atomic mass is 9.95. The molecule has 1 amide bonds. The Hall–Kier alpha value is -3.69. The number of imidazole rings is 1.